The Balaban J connectivity index is 1.27. The average molecular weight is 668 g/mol. The van der Waals surface area contributed by atoms with Crippen LogP contribution in [0.5, 0.6) is 0 Å². The second-order valence-corrected chi connectivity index (χ2v) is 12.5. The molecule has 0 radical (unpaired) electrons. The van der Waals surface area contributed by atoms with E-state index >= 15 is 0 Å². The number of carbonyl (C=O) groups excluding carboxylic acids is 3. The fourth-order valence-electron chi connectivity index (χ4n) is 5.82. The summed E-state index contributed by atoms with van der Waals surface area (Å²) in [6.07, 6.45) is 9.53. The monoisotopic (exact) mass is 667 g/mol. The van der Waals surface area contributed by atoms with Gasteiger partial charge >= 0.3 is 12.1 Å². The predicted octanol–water partition coefficient (Wildman–Crippen LogP) is 10.1. The van der Waals surface area contributed by atoms with E-state index in [1.54, 1.807) is 6.92 Å². The maximum Gasteiger partial charge on any atom is 0.422 e. The molecule has 4 aromatic rings. The average Bonchev–Trinajstić information content (AvgIpc) is 3.40. The third-order valence-corrected chi connectivity index (χ3v) is 8.77. The minimum absolute atomic E-state index is 0.0392. The number of cyclic esters (lactones) is 1. The summed E-state index contributed by atoms with van der Waals surface area (Å²) < 4.78 is 11.1. The number of esters is 1. The number of halogens is 1. The summed E-state index contributed by atoms with van der Waals surface area (Å²) in [5.41, 5.74) is 3.73. The first-order valence-corrected chi connectivity index (χ1v) is 17.3. The van der Waals surface area contributed by atoms with Crippen LogP contribution >= 0.6 is 11.6 Å². The topological polar surface area (TPSA) is 98.7 Å². The summed E-state index contributed by atoms with van der Waals surface area (Å²) in [7, 11) is 0. The number of nitrogens with zero attached hydrogens (tertiary/aromatic N) is 3. The Kier molecular flexibility index (Phi) is 12.3. The molecule has 0 spiro atoms. The second kappa shape index (κ2) is 17.0. The molecule has 1 aliphatic rings. The van der Waals surface area contributed by atoms with Crippen LogP contribution in [0, 0.1) is 6.92 Å². The Hall–Kier alpha value is -4.56. The number of unbranched alkanes of at least 4 members (excludes halogenated alkanes) is 9. The quantitative estimate of drug-likeness (QED) is 0.0866. The molecule has 250 valence electrons. The van der Waals surface area contributed by atoms with E-state index in [9.17, 15) is 14.4 Å². The van der Waals surface area contributed by atoms with Gasteiger partial charge < -0.3 is 9.47 Å². The second-order valence-electron chi connectivity index (χ2n) is 12.0. The molecule has 48 heavy (non-hydrogen) atoms. The largest absolute Gasteiger partial charge is 0.462 e. The summed E-state index contributed by atoms with van der Waals surface area (Å²) in [5, 5.41) is 0.111. The van der Waals surface area contributed by atoms with Gasteiger partial charge in [-0.3, -0.25) is 4.79 Å². The van der Waals surface area contributed by atoms with Crippen molar-refractivity contribution < 1.29 is 23.9 Å². The lowest BCUT2D eigenvalue weighted by Gasteiger charge is -2.16. The van der Waals surface area contributed by atoms with Crippen LogP contribution in [0.3, 0.4) is 0 Å². The minimum atomic E-state index is -1.35. The van der Waals surface area contributed by atoms with Gasteiger partial charge in [-0.15, -0.1) is 0 Å². The molecule has 3 aromatic carbocycles. The fraction of sp³-hybridized carbons (Fsp3) is 0.359. The van der Waals surface area contributed by atoms with Crippen LogP contribution in [-0.4, -0.2) is 34.5 Å². The number of anilines is 1. The van der Waals surface area contributed by atoms with Crippen molar-refractivity contribution in [1.29, 1.82) is 0 Å². The van der Waals surface area contributed by atoms with Crippen molar-refractivity contribution in [3.63, 3.8) is 0 Å². The SMILES string of the molecule is CCCCCCCCCCCCOC(=O)c1ccc(Cl)c(N2C(=O)OC(c3nc(-c4ccccc4)c(-c4ccccc4)nc3C)C2=O)c1. The van der Waals surface area contributed by atoms with E-state index in [-0.39, 0.29) is 22.0 Å². The summed E-state index contributed by atoms with van der Waals surface area (Å²) in [4.78, 5) is 50.5. The molecule has 1 unspecified atom stereocenters. The first kappa shape index (κ1) is 34.8. The Morgan fingerprint density at radius 2 is 1.35 bits per heavy atom. The van der Waals surface area contributed by atoms with Crippen molar-refractivity contribution in [2.24, 2.45) is 0 Å². The van der Waals surface area contributed by atoms with Gasteiger partial charge in [0.1, 0.15) is 5.69 Å². The number of rotatable bonds is 16. The van der Waals surface area contributed by atoms with E-state index in [2.05, 4.69) is 6.92 Å². The number of hydrogen-bond donors (Lipinski definition) is 0. The maximum atomic E-state index is 13.8. The molecular formula is C39H42ClN3O5. The Morgan fingerprint density at radius 3 is 1.96 bits per heavy atom. The normalized spacial score (nSPS) is 14.3. The van der Waals surface area contributed by atoms with Crippen LogP contribution in [-0.2, 0) is 14.3 Å². The van der Waals surface area contributed by atoms with Gasteiger partial charge in [-0.2, -0.15) is 0 Å². The van der Waals surface area contributed by atoms with Gasteiger partial charge in [0.15, 0.2) is 0 Å². The van der Waals surface area contributed by atoms with Crippen LogP contribution in [0.1, 0.15) is 99.0 Å². The summed E-state index contributed by atoms with van der Waals surface area (Å²) >= 11 is 6.47. The molecule has 0 bridgehead atoms. The maximum absolute atomic E-state index is 13.8. The van der Waals surface area contributed by atoms with Crippen molar-refractivity contribution in [2.45, 2.75) is 84.2 Å². The molecule has 0 N–H and O–H groups in total. The first-order valence-electron chi connectivity index (χ1n) is 16.9. The number of imide groups is 1. The smallest absolute Gasteiger partial charge is 0.422 e. The van der Waals surface area contributed by atoms with Gasteiger partial charge in [0.05, 0.1) is 40.0 Å². The van der Waals surface area contributed by atoms with Gasteiger partial charge in [-0.05, 0) is 31.5 Å². The van der Waals surface area contributed by atoms with Gasteiger partial charge in [0, 0.05) is 11.1 Å². The summed E-state index contributed by atoms with van der Waals surface area (Å²) in [5.74, 6) is -1.23. The molecule has 0 saturated carbocycles. The van der Waals surface area contributed by atoms with Crippen molar-refractivity contribution in [2.75, 3.05) is 11.5 Å². The van der Waals surface area contributed by atoms with Crippen molar-refractivity contribution in [1.82, 2.24) is 9.97 Å². The van der Waals surface area contributed by atoms with Crippen LogP contribution in [0.4, 0.5) is 10.5 Å². The number of aromatic nitrogens is 2. The highest BCUT2D eigenvalue weighted by atomic mass is 35.5. The first-order chi connectivity index (χ1) is 23.4. The van der Waals surface area contributed by atoms with Gasteiger partial charge in [0.25, 0.3) is 5.91 Å². The number of ether oxygens (including phenoxy) is 2. The number of aryl methyl sites for hydroxylation is 1. The summed E-state index contributed by atoms with van der Waals surface area (Å²) in [6.45, 7) is 4.25. The zero-order chi connectivity index (χ0) is 33.9. The Bertz CT molecular complexity index is 1710. The Labute approximate surface area is 287 Å². The van der Waals surface area contributed by atoms with Crippen LogP contribution in [0.25, 0.3) is 22.5 Å². The third-order valence-electron chi connectivity index (χ3n) is 8.45. The third kappa shape index (κ3) is 8.47. The lowest BCUT2D eigenvalue weighted by molar-refractivity contribution is -0.122. The zero-order valence-corrected chi connectivity index (χ0v) is 28.4. The van der Waals surface area contributed by atoms with Gasteiger partial charge in [0.2, 0.25) is 6.10 Å². The molecule has 1 aromatic heterocycles. The van der Waals surface area contributed by atoms with Crippen molar-refractivity contribution >= 4 is 35.3 Å². The molecule has 1 fully saturated rings. The molecule has 8 nitrogen and oxygen atoms in total. The van der Waals surface area contributed by atoms with Gasteiger partial charge in [-0.25, -0.2) is 24.5 Å². The van der Waals surface area contributed by atoms with Crippen molar-refractivity contribution in [3.8, 4) is 22.5 Å². The highest BCUT2D eigenvalue weighted by Crippen LogP contribution is 2.38. The molecule has 5 rings (SSSR count). The number of carbonyl (C=O) groups is 3. The van der Waals surface area contributed by atoms with Crippen LogP contribution in [0.15, 0.2) is 78.9 Å². The van der Waals surface area contributed by atoms with E-state index in [1.165, 1.54) is 63.1 Å². The highest BCUT2D eigenvalue weighted by Gasteiger charge is 2.45. The van der Waals surface area contributed by atoms with E-state index in [4.69, 9.17) is 31.0 Å². The molecule has 9 heteroatoms. The Morgan fingerprint density at radius 1 is 0.792 bits per heavy atom. The van der Waals surface area contributed by atoms with E-state index in [0.29, 0.717) is 23.7 Å². The van der Waals surface area contributed by atoms with E-state index in [1.807, 2.05) is 60.7 Å². The lowest BCUT2D eigenvalue weighted by atomic mass is 10.0. The van der Waals surface area contributed by atoms with E-state index < -0.39 is 24.1 Å². The molecule has 2 heterocycles. The molecule has 0 aliphatic carbocycles. The number of hydrogen-bond acceptors (Lipinski definition) is 7. The van der Waals surface area contributed by atoms with Crippen LogP contribution < -0.4 is 4.90 Å². The standard InChI is InChI=1S/C39H42ClN3O5/c1-3-4-5-6-7-8-9-10-11-18-25-47-38(45)30-23-24-31(40)32(26-30)43-37(44)36(48-39(43)46)33-27(2)41-34(28-19-14-12-15-20-28)35(42-33)29-21-16-13-17-22-29/h12-17,19-24,26,36H,3-11,18,25H2,1-2H3. The predicted molar refractivity (Wildman–Crippen MR) is 188 cm³/mol. The molecule has 1 atom stereocenters. The minimum Gasteiger partial charge on any atom is -0.462 e. The molecule has 2 amide bonds. The van der Waals surface area contributed by atoms with E-state index in [0.717, 1.165) is 35.3 Å². The number of amides is 2. The zero-order valence-electron chi connectivity index (χ0n) is 27.6. The number of benzene rings is 3. The lowest BCUT2D eigenvalue weighted by Crippen LogP contribution is -2.30. The molecular weight excluding hydrogens is 626 g/mol. The van der Waals surface area contributed by atoms with Gasteiger partial charge in [-0.1, -0.05) is 137 Å². The van der Waals surface area contributed by atoms with Crippen LogP contribution in [0.2, 0.25) is 5.02 Å². The van der Waals surface area contributed by atoms with Crippen molar-refractivity contribution in [3.05, 3.63) is 101 Å². The fourth-order valence-corrected chi connectivity index (χ4v) is 6.03. The molecule has 1 aliphatic heterocycles. The summed E-state index contributed by atoms with van der Waals surface area (Å²) in [6, 6.07) is 23.5. The highest BCUT2D eigenvalue weighted by molar-refractivity contribution is 6.35. The molecule has 1 saturated heterocycles.